The summed E-state index contributed by atoms with van der Waals surface area (Å²) in [4.78, 5) is 0. The van der Waals surface area contributed by atoms with Crippen LogP contribution in [-0.2, 0) is 0 Å². The van der Waals surface area contributed by atoms with Crippen LogP contribution < -0.4 is 0 Å². The molecule has 3 heteroatoms. The number of aryl methyl sites for hydroxylation is 1. The minimum atomic E-state index is -1.04. The van der Waals surface area contributed by atoms with E-state index >= 15 is 0 Å². The molecule has 0 heterocycles. The fourth-order valence-electron chi connectivity index (χ4n) is 1.45. The Hall–Kier alpha value is -0.960. The Morgan fingerprint density at radius 1 is 1.29 bits per heavy atom. The highest BCUT2D eigenvalue weighted by Gasteiger charge is 2.17. The van der Waals surface area contributed by atoms with Gasteiger partial charge in [0.1, 0.15) is 11.6 Å². The molecule has 0 amide bonds. The standard InChI is InChI=1S/C11H14F2O/c1-3-4-10(14)11-8(12)5-7(2)6-9(11)13/h5-6,10,14H,3-4H2,1-2H3. The monoisotopic (exact) mass is 200 g/mol. The van der Waals surface area contributed by atoms with Gasteiger partial charge >= 0.3 is 0 Å². The smallest absolute Gasteiger partial charge is 0.132 e. The molecule has 1 aromatic carbocycles. The highest BCUT2D eigenvalue weighted by Crippen LogP contribution is 2.25. The average Bonchev–Trinajstić information content (AvgIpc) is 2.01. The van der Waals surface area contributed by atoms with E-state index in [1.807, 2.05) is 6.92 Å². The largest absolute Gasteiger partial charge is 0.388 e. The van der Waals surface area contributed by atoms with Crippen LogP contribution in [0.3, 0.4) is 0 Å². The van der Waals surface area contributed by atoms with Crippen LogP contribution >= 0.6 is 0 Å². The number of aliphatic hydroxyl groups is 1. The number of aliphatic hydroxyl groups excluding tert-OH is 1. The van der Waals surface area contributed by atoms with Crippen molar-refractivity contribution in [1.82, 2.24) is 0 Å². The number of hydrogen-bond donors (Lipinski definition) is 1. The summed E-state index contributed by atoms with van der Waals surface area (Å²) in [7, 11) is 0. The fraction of sp³-hybridized carbons (Fsp3) is 0.455. The first-order valence-electron chi connectivity index (χ1n) is 4.69. The Morgan fingerprint density at radius 2 is 1.79 bits per heavy atom. The van der Waals surface area contributed by atoms with Gasteiger partial charge in [-0.25, -0.2) is 8.78 Å². The Bertz CT molecular complexity index is 300. The predicted octanol–water partition coefficient (Wildman–Crippen LogP) is 3.11. The van der Waals surface area contributed by atoms with Gasteiger partial charge in [0.2, 0.25) is 0 Å². The van der Waals surface area contributed by atoms with Crippen molar-refractivity contribution in [1.29, 1.82) is 0 Å². The fourth-order valence-corrected chi connectivity index (χ4v) is 1.45. The third-order valence-corrected chi connectivity index (χ3v) is 2.12. The molecule has 0 aliphatic heterocycles. The summed E-state index contributed by atoms with van der Waals surface area (Å²) in [6.07, 6.45) is 0.0192. The molecule has 14 heavy (non-hydrogen) atoms. The van der Waals surface area contributed by atoms with Gasteiger partial charge in [0.05, 0.1) is 11.7 Å². The molecule has 1 rings (SSSR count). The molecular weight excluding hydrogens is 186 g/mol. The van der Waals surface area contributed by atoms with E-state index in [2.05, 4.69) is 0 Å². The van der Waals surface area contributed by atoms with Gasteiger partial charge in [-0.1, -0.05) is 13.3 Å². The molecular formula is C11H14F2O. The molecule has 0 spiro atoms. The minimum Gasteiger partial charge on any atom is -0.388 e. The Balaban J connectivity index is 3.07. The third kappa shape index (κ3) is 2.29. The quantitative estimate of drug-likeness (QED) is 0.794. The number of benzene rings is 1. The van der Waals surface area contributed by atoms with Crippen molar-refractivity contribution < 1.29 is 13.9 Å². The molecule has 0 saturated heterocycles. The maximum Gasteiger partial charge on any atom is 0.132 e. The molecule has 1 nitrogen and oxygen atoms in total. The highest BCUT2D eigenvalue weighted by atomic mass is 19.1. The molecule has 78 valence electrons. The zero-order chi connectivity index (χ0) is 10.7. The third-order valence-electron chi connectivity index (χ3n) is 2.12. The van der Waals surface area contributed by atoms with Gasteiger partial charge in [0.25, 0.3) is 0 Å². The van der Waals surface area contributed by atoms with Gasteiger partial charge in [-0.05, 0) is 31.0 Å². The van der Waals surface area contributed by atoms with Crippen molar-refractivity contribution in [3.8, 4) is 0 Å². The van der Waals surface area contributed by atoms with E-state index in [9.17, 15) is 13.9 Å². The summed E-state index contributed by atoms with van der Waals surface area (Å²) in [5.74, 6) is -1.33. The lowest BCUT2D eigenvalue weighted by atomic mass is 10.0. The minimum absolute atomic E-state index is 0.211. The lowest BCUT2D eigenvalue weighted by molar-refractivity contribution is 0.157. The van der Waals surface area contributed by atoms with E-state index in [4.69, 9.17) is 0 Å². The maximum absolute atomic E-state index is 13.3. The molecule has 1 aromatic rings. The molecule has 0 bridgehead atoms. The van der Waals surface area contributed by atoms with Crippen LogP contribution in [0.15, 0.2) is 12.1 Å². The second kappa shape index (κ2) is 4.51. The van der Waals surface area contributed by atoms with Crippen molar-refractivity contribution in [3.05, 3.63) is 34.9 Å². The van der Waals surface area contributed by atoms with Crippen molar-refractivity contribution in [3.63, 3.8) is 0 Å². The predicted molar refractivity (Wildman–Crippen MR) is 51.0 cm³/mol. The van der Waals surface area contributed by atoms with E-state index in [0.717, 1.165) is 0 Å². The first kappa shape index (κ1) is 11.1. The van der Waals surface area contributed by atoms with Crippen molar-refractivity contribution in [2.75, 3.05) is 0 Å². The molecule has 1 N–H and O–H groups in total. The molecule has 0 saturated carbocycles. The zero-order valence-corrected chi connectivity index (χ0v) is 8.35. The van der Waals surface area contributed by atoms with E-state index < -0.39 is 17.7 Å². The van der Waals surface area contributed by atoms with Crippen molar-refractivity contribution >= 4 is 0 Å². The average molecular weight is 200 g/mol. The number of hydrogen-bond acceptors (Lipinski definition) is 1. The van der Waals surface area contributed by atoms with Gasteiger partial charge in [-0.2, -0.15) is 0 Å². The van der Waals surface area contributed by atoms with Crippen LogP contribution in [-0.4, -0.2) is 5.11 Å². The van der Waals surface area contributed by atoms with Crippen LogP contribution in [0.25, 0.3) is 0 Å². The molecule has 1 unspecified atom stereocenters. The summed E-state index contributed by atoms with van der Waals surface area (Å²) in [6, 6.07) is 2.47. The molecule has 1 atom stereocenters. The van der Waals surface area contributed by atoms with Gasteiger partial charge in [-0.15, -0.1) is 0 Å². The van der Waals surface area contributed by atoms with Gasteiger partial charge < -0.3 is 5.11 Å². The van der Waals surface area contributed by atoms with Gasteiger partial charge in [-0.3, -0.25) is 0 Å². The summed E-state index contributed by atoms with van der Waals surface area (Å²) in [5.41, 5.74) is 0.310. The zero-order valence-electron chi connectivity index (χ0n) is 8.35. The van der Waals surface area contributed by atoms with E-state index in [1.54, 1.807) is 6.92 Å². The molecule has 0 aromatic heterocycles. The topological polar surface area (TPSA) is 20.2 Å². The van der Waals surface area contributed by atoms with Crippen LogP contribution in [0, 0.1) is 18.6 Å². The number of rotatable bonds is 3. The van der Waals surface area contributed by atoms with Gasteiger partial charge in [0, 0.05) is 0 Å². The van der Waals surface area contributed by atoms with E-state index in [1.165, 1.54) is 12.1 Å². The Labute approximate surface area is 82.4 Å². The molecule has 0 radical (unpaired) electrons. The SMILES string of the molecule is CCCC(O)c1c(F)cc(C)cc1F. The summed E-state index contributed by atoms with van der Waals surface area (Å²) >= 11 is 0. The molecule has 0 aliphatic rings. The van der Waals surface area contributed by atoms with E-state index in [-0.39, 0.29) is 5.56 Å². The van der Waals surface area contributed by atoms with Crippen LogP contribution in [0.1, 0.15) is 37.0 Å². The lowest BCUT2D eigenvalue weighted by Crippen LogP contribution is -2.04. The van der Waals surface area contributed by atoms with Crippen LogP contribution in [0.2, 0.25) is 0 Å². The normalized spacial score (nSPS) is 12.9. The highest BCUT2D eigenvalue weighted by molar-refractivity contribution is 5.27. The van der Waals surface area contributed by atoms with Crippen molar-refractivity contribution in [2.45, 2.75) is 32.8 Å². The second-order valence-corrected chi connectivity index (χ2v) is 3.45. The molecule has 0 aliphatic carbocycles. The summed E-state index contributed by atoms with van der Waals surface area (Å²) in [6.45, 7) is 3.47. The lowest BCUT2D eigenvalue weighted by Gasteiger charge is -2.12. The number of halogens is 2. The molecule has 0 fully saturated rings. The van der Waals surface area contributed by atoms with Crippen LogP contribution in [0.4, 0.5) is 8.78 Å². The summed E-state index contributed by atoms with van der Waals surface area (Å²) in [5, 5.41) is 9.49. The maximum atomic E-state index is 13.3. The van der Waals surface area contributed by atoms with Gasteiger partial charge in [0.15, 0.2) is 0 Å². The van der Waals surface area contributed by atoms with E-state index in [0.29, 0.717) is 18.4 Å². The second-order valence-electron chi connectivity index (χ2n) is 3.45. The van der Waals surface area contributed by atoms with Crippen molar-refractivity contribution in [2.24, 2.45) is 0 Å². The summed E-state index contributed by atoms with van der Waals surface area (Å²) < 4.78 is 26.6. The Morgan fingerprint density at radius 3 is 2.21 bits per heavy atom. The Kier molecular flexibility index (Phi) is 3.58. The first-order chi connectivity index (χ1) is 6.56. The van der Waals surface area contributed by atoms with Crippen LogP contribution in [0.5, 0.6) is 0 Å². The first-order valence-corrected chi connectivity index (χ1v) is 4.69.